The summed E-state index contributed by atoms with van der Waals surface area (Å²) < 4.78 is 0. The lowest BCUT2D eigenvalue weighted by atomic mass is 9.89. The van der Waals surface area contributed by atoms with Gasteiger partial charge in [0.05, 0.1) is 0 Å². The molecular formula is C12H19NO. The fraction of sp³-hybridized carbons (Fsp3) is 0.750. The number of rotatable bonds is 3. The third-order valence-corrected chi connectivity index (χ3v) is 3.53. The fourth-order valence-corrected chi connectivity index (χ4v) is 2.47. The summed E-state index contributed by atoms with van der Waals surface area (Å²) in [4.78, 5) is 11.0. The molecule has 0 unspecified atom stereocenters. The highest BCUT2D eigenvalue weighted by Crippen LogP contribution is 2.37. The van der Waals surface area contributed by atoms with Crippen LogP contribution in [0.4, 0.5) is 0 Å². The summed E-state index contributed by atoms with van der Waals surface area (Å²) in [6.45, 7) is 3.40. The van der Waals surface area contributed by atoms with Gasteiger partial charge in [-0.3, -0.25) is 4.79 Å². The molecule has 0 spiro atoms. The lowest BCUT2D eigenvalue weighted by Gasteiger charge is -2.24. The van der Waals surface area contributed by atoms with E-state index < -0.39 is 0 Å². The van der Waals surface area contributed by atoms with Crippen LogP contribution < -0.4 is 5.32 Å². The van der Waals surface area contributed by atoms with Gasteiger partial charge < -0.3 is 5.32 Å². The third-order valence-electron chi connectivity index (χ3n) is 3.53. The number of carbonyl (C=O) groups is 1. The van der Waals surface area contributed by atoms with Crippen LogP contribution in [-0.2, 0) is 4.79 Å². The first-order valence-electron chi connectivity index (χ1n) is 5.65. The maximum Gasteiger partial charge on any atom is 0.157 e. The molecule has 0 heterocycles. The van der Waals surface area contributed by atoms with Gasteiger partial charge in [-0.15, -0.1) is 0 Å². The van der Waals surface area contributed by atoms with Gasteiger partial charge in [-0.1, -0.05) is 19.8 Å². The van der Waals surface area contributed by atoms with E-state index in [1.165, 1.54) is 25.7 Å². The minimum Gasteiger partial charge on any atom is -0.388 e. The second-order valence-corrected chi connectivity index (χ2v) is 5.01. The van der Waals surface area contributed by atoms with Crippen molar-refractivity contribution in [3.8, 4) is 0 Å². The summed E-state index contributed by atoms with van der Waals surface area (Å²) in [5, 5.41) is 3.43. The Kier molecular flexibility index (Phi) is 2.62. The first-order chi connectivity index (χ1) is 6.68. The molecule has 2 aliphatic rings. The summed E-state index contributed by atoms with van der Waals surface area (Å²) in [7, 11) is 0. The first kappa shape index (κ1) is 9.75. The van der Waals surface area contributed by atoms with Crippen molar-refractivity contribution < 1.29 is 4.79 Å². The standard InChI is InChI=1S/C12H19NO/c1-12(6-2-3-7-12)9-13-10-4-5-11(14)8-10/h8,13H,2-7,9H2,1H3. The molecule has 2 aliphatic carbocycles. The average molecular weight is 193 g/mol. The van der Waals surface area contributed by atoms with Crippen LogP contribution in [0.2, 0.25) is 0 Å². The molecule has 0 aliphatic heterocycles. The molecule has 0 radical (unpaired) electrons. The molecule has 78 valence electrons. The molecule has 2 nitrogen and oxygen atoms in total. The maximum atomic E-state index is 11.0. The van der Waals surface area contributed by atoms with Crippen molar-refractivity contribution in [3.63, 3.8) is 0 Å². The van der Waals surface area contributed by atoms with E-state index >= 15 is 0 Å². The Morgan fingerprint density at radius 3 is 2.64 bits per heavy atom. The smallest absolute Gasteiger partial charge is 0.157 e. The third kappa shape index (κ3) is 2.17. The Bertz CT molecular complexity index is 261. The zero-order valence-electron chi connectivity index (χ0n) is 8.94. The zero-order chi connectivity index (χ0) is 10.0. The molecule has 14 heavy (non-hydrogen) atoms. The fourth-order valence-electron chi connectivity index (χ4n) is 2.47. The number of hydrogen-bond acceptors (Lipinski definition) is 2. The lowest BCUT2D eigenvalue weighted by Crippen LogP contribution is -2.28. The van der Waals surface area contributed by atoms with Gasteiger partial charge in [0.15, 0.2) is 5.78 Å². The Labute approximate surface area is 85.8 Å². The molecule has 1 N–H and O–H groups in total. The molecule has 0 aromatic heterocycles. The second kappa shape index (κ2) is 3.76. The summed E-state index contributed by atoms with van der Waals surface area (Å²) >= 11 is 0. The van der Waals surface area contributed by atoms with Crippen LogP contribution in [0.5, 0.6) is 0 Å². The molecule has 0 aromatic carbocycles. The van der Waals surface area contributed by atoms with E-state index in [2.05, 4.69) is 12.2 Å². The predicted molar refractivity (Wildman–Crippen MR) is 56.9 cm³/mol. The summed E-state index contributed by atoms with van der Waals surface area (Å²) in [6.07, 6.45) is 8.82. The van der Waals surface area contributed by atoms with Crippen molar-refractivity contribution >= 4 is 5.78 Å². The summed E-state index contributed by atoms with van der Waals surface area (Å²) in [5.74, 6) is 0.282. The van der Waals surface area contributed by atoms with Crippen molar-refractivity contribution in [2.45, 2.75) is 45.4 Å². The summed E-state index contributed by atoms with van der Waals surface area (Å²) in [6, 6.07) is 0. The largest absolute Gasteiger partial charge is 0.388 e. The molecular weight excluding hydrogens is 174 g/mol. The Balaban J connectivity index is 1.82. The van der Waals surface area contributed by atoms with E-state index in [-0.39, 0.29) is 5.78 Å². The van der Waals surface area contributed by atoms with Gasteiger partial charge in [0.25, 0.3) is 0 Å². The number of allylic oxidation sites excluding steroid dienone is 2. The maximum absolute atomic E-state index is 11.0. The normalized spacial score (nSPS) is 25.2. The van der Waals surface area contributed by atoms with Gasteiger partial charge in [0.2, 0.25) is 0 Å². The lowest BCUT2D eigenvalue weighted by molar-refractivity contribution is -0.114. The van der Waals surface area contributed by atoms with Crippen LogP contribution in [-0.4, -0.2) is 12.3 Å². The average Bonchev–Trinajstić information content (AvgIpc) is 2.73. The molecule has 2 rings (SSSR count). The Morgan fingerprint density at radius 2 is 2.07 bits per heavy atom. The van der Waals surface area contributed by atoms with Crippen LogP contribution in [0, 0.1) is 5.41 Å². The van der Waals surface area contributed by atoms with E-state index in [1.807, 2.05) is 0 Å². The minimum atomic E-state index is 0.282. The first-order valence-corrected chi connectivity index (χ1v) is 5.65. The van der Waals surface area contributed by atoms with Gasteiger partial charge >= 0.3 is 0 Å². The molecule has 1 fully saturated rings. The van der Waals surface area contributed by atoms with Gasteiger partial charge in [-0.05, 0) is 24.7 Å². The minimum absolute atomic E-state index is 0.282. The van der Waals surface area contributed by atoms with Crippen LogP contribution in [0.25, 0.3) is 0 Å². The van der Waals surface area contributed by atoms with Crippen molar-refractivity contribution in [1.29, 1.82) is 0 Å². The van der Waals surface area contributed by atoms with Crippen LogP contribution in [0.3, 0.4) is 0 Å². The van der Waals surface area contributed by atoms with E-state index in [9.17, 15) is 4.79 Å². The van der Waals surface area contributed by atoms with Crippen molar-refractivity contribution in [2.75, 3.05) is 6.54 Å². The van der Waals surface area contributed by atoms with E-state index in [0.717, 1.165) is 18.7 Å². The molecule has 0 atom stereocenters. The molecule has 0 bridgehead atoms. The van der Waals surface area contributed by atoms with Gasteiger partial charge in [-0.2, -0.15) is 0 Å². The molecule has 0 amide bonds. The van der Waals surface area contributed by atoms with Gasteiger partial charge in [-0.25, -0.2) is 0 Å². The van der Waals surface area contributed by atoms with Crippen molar-refractivity contribution in [1.82, 2.24) is 5.32 Å². The number of carbonyl (C=O) groups excluding carboxylic acids is 1. The second-order valence-electron chi connectivity index (χ2n) is 5.01. The highest BCUT2D eigenvalue weighted by Gasteiger charge is 2.28. The monoisotopic (exact) mass is 193 g/mol. The van der Waals surface area contributed by atoms with Crippen LogP contribution in [0.1, 0.15) is 45.4 Å². The van der Waals surface area contributed by atoms with E-state index in [0.29, 0.717) is 11.8 Å². The highest BCUT2D eigenvalue weighted by molar-refractivity contribution is 5.92. The van der Waals surface area contributed by atoms with Gasteiger partial charge in [0.1, 0.15) is 0 Å². The van der Waals surface area contributed by atoms with Crippen LogP contribution >= 0.6 is 0 Å². The van der Waals surface area contributed by atoms with Crippen LogP contribution in [0.15, 0.2) is 11.8 Å². The number of ketones is 1. The number of hydrogen-bond donors (Lipinski definition) is 1. The van der Waals surface area contributed by atoms with Gasteiger partial charge in [0, 0.05) is 24.7 Å². The summed E-state index contributed by atoms with van der Waals surface area (Å²) in [5.41, 5.74) is 1.63. The predicted octanol–water partition coefficient (Wildman–Crippen LogP) is 2.40. The SMILES string of the molecule is CC1(CNC2=CC(=O)CC2)CCCC1. The van der Waals surface area contributed by atoms with E-state index in [4.69, 9.17) is 0 Å². The zero-order valence-corrected chi connectivity index (χ0v) is 8.94. The molecule has 1 saturated carbocycles. The Hall–Kier alpha value is -0.790. The Morgan fingerprint density at radius 1 is 1.36 bits per heavy atom. The molecule has 0 saturated heterocycles. The van der Waals surface area contributed by atoms with Crippen molar-refractivity contribution in [3.05, 3.63) is 11.8 Å². The topological polar surface area (TPSA) is 29.1 Å². The highest BCUT2D eigenvalue weighted by atomic mass is 16.1. The van der Waals surface area contributed by atoms with Crippen molar-refractivity contribution in [2.24, 2.45) is 5.41 Å². The van der Waals surface area contributed by atoms with E-state index in [1.54, 1.807) is 6.08 Å². The number of nitrogens with one attached hydrogen (secondary N) is 1. The molecule has 2 heteroatoms. The quantitative estimate of drug-likeness (QED) is 0.745. The molecule has 0 aromatic rings.